The van der Waals surface area contributed by atoms with Crippen molar-refractivity contribution in [2.45, 2.75) is 50.5 Å². The van der Waals surface area contributed by atoms with Crippen LogP contribution in [0.5, 0.6) is 0 Å². The second-order valence-corrected chi connectivity index (χ2v) is 6.42. The molecule has 9 heteroatoms. The molecule has 6 nitrogen and oxygen atoms in total. The number of anilines is 1. The molecule has 1 aromatic heterocycles. The Morgan fingerprint density at radius 1 is 1.50 bits per heavy atom. The number of rotatable bonds is 3. The minimum Gasteiger partial charge on any atom is -0.375 e. The number of methoxy groups -OCH3 is 1. The summed E-state index contributed by atoms with van der Waals surface area (Å²) in [5, 5.41) is 7.25. The smallest absolute Gasteiger partial charge is 0.375 e. The molecule has 2 aliphatic heterocycles. The van der Waals surface area contributed by atoms with E-state index in [2.05, 4.69) is 10.4 Å². The van der Waals surface area contributed by atoms with Gasteiger partial charge in [-0.05, 0) is 26.2 Å². The first-order chi connectivity index (χ1) is 11.3. The fourth-order valence-electron chi connectivity index (χ4n) is 3.52. The van der Waals surface area contributed by atoms with Gasteiger partial charge >= 0.3 is 6.18 Å². The molecule has 0 spiro atoms. The van der Waals surface area contributed by atoms with E-state index < -0.39 is 12.2 Å². The topological polar surface area (TPSA) is 59.4 Å². The molecule has 0 bridgehead atoms. The molecule has 1 fully saturated rings. The molecule has 3 atom stereocenters. The number of fused-ring (bicyclic) bond motifs is 1. The van der Waals surface area contributed by atoms with Crippen LogP contribution in [0.15, 0.2) is 6.07 Å². The molecule has 3 heterocycles. The number of ether oxygens (including phenoxy) is 1. The van der Waals surface area contributed by atoms with E-state index in [0.717, 1.165) is 11.1 Å². The van der Waals surface area contributed by atoms with Gasteiger partial charge < -0.3 is 15.0 Å². The Morgan fingerprint density at radius 3 is 2.92 bits per heavy atom. The Morgan fingerprint density at radius 2 is 2.25 bits per heavy atom. The minimum absolute atomic E-state index is 0.0372. The third-order valence-electron chi connectivity index (χ3n) is 4.58. The number of carbonyl (C=O) groups is 1. The van der Waals surface area contributed by atoms with E-state index in [1.54, 1.807) is 17.9 Å². The largest absolute Gasteiger partial charge is 0.410 e. The zero-order valence-corrected chi connectivity index (χ0v) is 13.6. The first-order valence-electron chi connectivity index (χ1n) is 8.02. The summed E-state index contributed by atoms with van der Waals surface area (Å²) < 4.78 is 45.8. The zero-order chi connectivity index (χ0) is 17.5. The van der Waals surface area contributed by atoms with Crippen LogP contribution in [0.2, 0.25) is 0 Å². The van der Waals surface area contributed by atoms with Crippen molar-refractivity contribution in [2.24, 2.45) is 0 Å². The maximum Gasteiger partial charge on any atom is 0.410 e. The maximum atomic E-state index is 13.3. The van der Waals surface area contributed by atoms with Crippen LogP contribution in [0.3, 0.4) is 0 Å². The van der Waals surface area contributed by atoms with Crippen LogP contribution in [0, 0.1) is 0 Å². The fraction of sp³-hybridized carbons (Fsp3) is 0.733. The molecule has 0 aliphatic carbocycles. The van der Waals surface area contributed by atoms with E-state index in [9.17, 15) is 18.0 Å². The summed E-state index contributed by atoms with van der Waals surface area (Å²) in [5.74, 6) is 0.191. The van der Waals surface area contributed by atoms with Crippen LogP contribution in [-0.2, 0) is 9.53 Å². The van der Waals surface area contributed by atoms with E-state index in [0.29, 0.717) is 24.5 Å². The van der Waals surface area contributed by atoms with E-state index in [1.807, 2.05) is 0 Å². The van der Waals surface area contributed by atoms with Crippen molar-refractivity contribution < 1.29 is 22.7 Å². The van der Waals surface area contributed by atoms with Crippen molar-refractivity contribution in [2.75, 3.05) is 25.6 Å². The lowest BCUT2D eigenvalue weighted by molar-refractivity contribution is -0.173. The third-order valence-corrected chi connectivity index (χ3v) is 4.58. The summed E-state index contributed by atoms with van der Waals surface area (Å²) in [6.07, 6.45) is -2.92. The number of nitrogens with one attached hydrogen (secondary N) is 1. The number of hydrogen-bond acceptors (Lipinski definition) is 4. The van der Waals surface area contributed by atoms with Crippen molar-refractivity contribution in [1.82, 2.24) is 14.7 Å². The summed E-state index contributed by atoms with van der Waals surface area (Å²) in [7, 11) is 1.44. The Balaban J connectivity index is 1.90. The highest BCUT2D eigenvalue weighted by atomic mass is 19.4. The number of aromatic nitrogens is 2. The number of hydrogen-bond donors (Lipinski definition) is 1. The lowest BCUT2D eigenvalue weighted by Gasteiger charge is -2.31. The molecule has 1 amide bonds. The van der Waals surface area contributed by atoms with Gasteiger partial charge in [-0.15, -0.1) is 0 Å². The molecule has 0 unspecified atom stereocenters. The molecule has 3 rings (SSSR count). The fourth-order valence-corrected chi connectivity index (χ4v) is 3.52. The van der Waals surface area contributed by atoms with Gasteiger partial charge in [-0.25, -0.2) is 4.68 Å². The first kappa shape index (κ1) is 17.1. The molecular formula is C15H21F3N4O2. The second-order valence-electron chi connectivity index (χ2n) is 6.42. The molecule has 1 N–H and O–H groups in total. The Bertz CT molecular complexity index is 616. The van der Waals surface area contributed by atoms with Crippen molar-refractivity contribution in [3.8, 4) is 0 Å². The highest BCUT2D eigenvalue weighted by molar-refractivity contribution is 5.78. The van der Waals surface area contributed by atoms with Gasteiger partial charge in [0, 0.05) is 25.8 Å². The predicted octanol–water partition coefficient (Wildman–Crippen LogP) is 2.50. The number of amides is 1. The van der Waals surface area contributed by atoms with Crippen LogP contribution in [0.25, 0.3) is 0 Å². The predicted molar refractivity (Wildman–Crippen MR) is 80.6 cm³/mol. The SMILES string of the molecule is COCC(=O)N1CCC[C@@H]1c1cc2n(n1)[C@@H](C(F)(F)F)C[C@@H](C)N2. The van der Waals surface area contributed by atoms with Gasteiger partial charge in [0.2, 0.25) is 5.91 Å². The average Bonchev–Trinajstić information content (AvgIpc) is 3.11. The van der Waals surface area contributed by atoms with Crippen LogP contribution < -0.4 is 5.32 Å². The molecular weight excluding hydrogens is 325 g/mol. The lowest BCUT2D eigenvalue weighted by atomic mass is 10.1. The number of nitrogens with zero attached hydrogens (tertiary/aromatic N) is 3. The van der Waals surface area contributed by atoms with Gasteiger partial charge in [-0.3, -0.25) is 4.79 Å². The van der Waals surface area contributed by atoms with E-state index in [-0.39, 0.29) is 31.0 Å². The monoisotopic (exact) mass is 346 g/mol. The van der Waals surface area contributed by atoms with E-state index >= 15 is 0 Å². The van der Waals surface area contributed by atoms with Gasteiger partial charge in [0.1, 0.15) is 12.4 Å². The zero-order valence-electron chi connectivity index (χ0n) is 13.6. The first-order valence-corrected chi connectivity index (χ1v) is 8.02. The third kappa shape index (κ3) is 3.09. The molecule has 24 heavy (non-hydrogen) atoms. The number of halogens is 3. The van der Waals surface area contributed by atoms with Gasteiger partial charge in [-0.1, -0.05) is 0 Å². The maximum absolute atomic E-state index is 13.3. The van der Waals surface area contributed by atoms with Gasteiger partial charge in [-0.2, -0.15) is 18.3 Å². The molecule has 0 radical (unpaired) electrons. The highest BCUT2D eigenvalue weighted by Gasteiger charge is 2.46. The second kappa shape index (κ2) is 6.27. The van der Waals surface area contributed by atoms with Crippen LogP contribution >= 0.6 is 0 Å². The molecule has 2 aliphatic rings. The number of likely N-dealkylation sites (tertiary alicyclic amines) is 1. The number of carbonyl (C=O) groups excluding carboxylic acids is 1. The van der Waals surface area contributed by atoms with Crippen molar-refractivity contribution in [1.29, 1.82) is 0 Å². The van der Waals surface area contributed by atoms with Crippen molar-refractivity contribution in [3.63, 3.8) is 0 Å². The summed E-state index contributed by atoms with van der Waals surface area (Å²) >= 11 is 0. The van der Waals surface area contributed by atoms with Crippen LogP contribution in [-0.4, -0.2) is 53.1 Å². The van der Waals surface area contributed by atoms with E-state index in [1.165, 1.54) is 7.11 Å². The van der Waals surface area contributed by atoms with Gasteiger partial charge in [0.15, 0.2) is 6.04 Å². The molecule has 1 saturated heterocycles. The van der Waals surface area contributed by atoms with Gasteiger partial charge in [0.05, 0.1) is 11.7 Å². The van der Waals surface area contributed by atoms with Crippen molar-refractivity contribution in [3.05, 3.63) is 11.8 Å². The standard InChI is InChI=1S/C15H21F3N4O2/c1-9-6-12(15(16,17)18)22-13(19-9)7-10(20-22)11-4-3-5-21(11)14(23)8-24-2/h7,9,11-12,19H,3-6,8H2,1-2H3/t9-,11-,12-/m1/s1. The Labute approximate surface area is 137 Å². The number of alkyl halides is 3. The van der Waals surface area contributed by atoms with Gasteiger partial charge in [0.25, 0.3) is 0 Å². The van der Waals surface area contributed by atoms with E-state index in [4.69, 9.17) is 4.74 Å². The van der Waals surface area contributed by atoms with Crippen LogP contribution in [0.4, 0.5) is 19.0 Å². The Hall–Kier alpha value is -1.77. The molecule has 0 aromatic carbocycles. The quantitative estimate of drug-likeness (QED) is 0.914. The molecule has 134 valence electrons. The minimum atomic E-state index is -4.35. The average molecular weight is 346 g/mol. The molecule has 0 saturated carbocycles. The summed E-state index contributed by atoms with van der Waals surface area (Å²) in [5.41, 5.74) is 0.503. The Kier molecular flexibility index (Phi) is 4.46. The highest BCUT2D eigenvalue weighted by Crippen LogP contribution is 2.41. The van der Waals surface area contributed by atoms with Crippen LogP contribution in [0.1, 0.15) is 44.0 Å². The summed E-state index contributed by atoms with van der Waals surface area (Å²) in [4.78, 5) is 13.8. The lowest BCUT2D eigenvalue weighted by Crippen LogP contribution is -2.38. The van der Waals surface area contributed by atoms with Crippen molar-refractivity contribution >= 4 is 11.7 Å². The summed E-state index contributed by atoms with van der Waals surface area (Å²) in [6.45, 7) is 2.25. The normalized spacial score (nSPS) is 27.0. The molecule has 1 aromatic rings. The summed E-state index contributed by atoms with van der Waals surface area (Å²) in [6, 6.07) is -0.584.